The van der Waals surface area contributed by atoms with Crippen LogP contribution in [0.15, 0.2) is 41.0 Å². The number of hydrogen-bond donors (Lipinski definition) is 1. The average Bonchev–Trinajstić information content (AvgIpc) is 2.36. The Hall–Kier alpha value is -1.26. The summed E-state index contributed by atoms with van der Waals surface area (Å²) in [7, 11) is 0. The molecule has 1 N–H and O–H groups in total. The first-order valence-corrected chi connectivity index (χ1v) is 6.40. The Bertz CT molecular complexity index is 542. The van der Waals surface area contributed by atoms with Gasteiger partial charge in [-0.2, -0.15) is 0 Å². The van der Waals surface area contributed by atoms with E-state index in [4.69, 9.17) is 0 Å². The molecule has 2 rings (SSSR count). The Labute approximate surface area is 114 Å². The number of pyridine rings is 1. The Kier molecular flexibility index (Phi) is 4.09. The number of rotatable bonds is 3. The van der Waals surface area contributed by atoms with Crippen molar-refractivity contribution in [2.75, 3.05) is 0 Å². The third-order valence-corrected chi connectivity index (χ3v) is 3.61. The first-order valence-electron chi connectivity index (χ1n) is 5.61. The van der Waals surface area contributed by atoms with Gasteiger partial charge in [-0.1, -0.05) is 18.2 Å². The van der Waals surface area contributed by atoms with Gasteiger partial charge in [0.1, 0.15) is 5.82 Å². The lowest BCUT2D eigenvalue weighted by atomic mass is 10.0. The van der Waals surface area contributed by atoms with Crippen LogP contribution in [-0.2, 0) is 6.42 Å². The predicted molar refractivity (Wildman–Crippen MR) is 71.7 cm³/mol. The van der Waals surface area contributed by atoms with Crippen molar-refractivity contribution in [1.82, 2.24) is 4.98 Å². The Morgan fingerprint density at radius 3 is 2.78 bits per heavy atom. The third kappa shape index (κ3) is 2.94. The normalized spacial score (nSPS) is 12.4. The van der Waals surface area contributed by atoms with Gasteiger partial charge in [0.15, 0.2) is 0 Å². The molecular formula is C14H13BrFNO. The highest BCUT2D eigenvalue weighted by atomic mass is 79.9. The summed E-state index contributed by atoms with van der Waals surface area (Å²) >= 11 is 3.19. The van der Waals surface area contributed by atoms with Crippen molar-refractivity contribution in [2.45, 2.75) is 19.4 Å². The fourth-order valence-electron chi connectivity index (χ4n) is 1.70. The minimum Gasteiger partial charge on any atom is -0.386 e. The fourth-order valence-corrected chi connectivity index (χ4v) is 2.12. The van der Waals surface area contributed by atoms with Gasteiger partial charge < -0.3 is 5.11 Å². The van der Waals surface area contributed by atoms with Crippen LogP contribution in [0.2, 0.25) is 0 Å². The molecule has 0 aliphatic rings. The summed E-state index contributed by atoms with van der Waals surface area (Å²) in [5.41, 5.74) is 2.36. The van der Waals surface area contributed by atoms with Crippen molar-refractivity contribution < 1.29 is 9.50 Å². The molecule has 1 heterocycles. The van der Waals surface area contributed by atoms with E-state index in [9.17, 15) is 9.50 Å². The first kappa shape index (κ1) is 13.2. The average molecular weight is 310 g/mol. The maximum atomic E-state index is 13.3. The largest absolute Gasteiger partial charge is 0.386 e. The van der Waals surface area contributed by atoms with Crippen LogP contribution < -0.4 is 0 Å². The maximum Gasteiger partial charge on any atom is 0.137 e. The fraction of sp³-hybridized carbons (Fsp3) is 0.214. The van der Waals surface area contributed by atoms with Gasteiger partial charge in [0.05, 0.1) is 16.3 Å². The van der Waals surface area contributed by atoms with Crippen LogP contribution in [0.25, 0.3) is 0 Å². The Morgan fingerprint density at radius 1 is 1.33 bits per heavy atom. The molecule has 0 bridgehead atoms. The van der Waals surface area contributed by atoms with Crippen LogP contribution in [0.4, 0.5) is 4.39 Å². The van der Waals surface area contributed by atoms with Crippen LogP contribution in [0.5, 0.6) is 0 Å². The molecule has 0 saturated heterocycles. The highest BCUT2D eigenvalue weighted by Gasteiger charge is 2.13. The van der Waals surface area contributed by atoms with Gasteiger partial charge in [0.2, 0.25) is 0 Å². The van der Waals surface area contributed by atoms with E-state index in [1.807, 2.05) is 13.0 Å². The van der Waals surface area contributed by atoms with Gasteiger partial charge in [-0.25, -0.2) is 4.39 Å². The Balaban J connectivity index is 2.18. The molecule has 0 fully saturated rings. The molecule has 0 aliphatic heterocycles. The lowest BCUT2D eigenvalue weighted by Crippen LogP contribution is -2.05. The number of halogens is 2. The monoisotopic (exact) mass is 309 g/mol. The minimum absolute atomic E-state index is 0.323. The molecule has 1 aromatic heterocycles. The van der Waals surface area contributed by atoms with E-state index >= 15 is 0 Å². The molecular weight excluding hydrogens is 297 g/mol. The van der Waals surface area contributed by atoms with Crippen LogP contribution in [-0.4, -0.2) is 10.1 Å². The molecule has 0 aliphatic carbocycles. The molecule has 0 amide bonds. The minimum atomic E-state index is -0.733. The SMILES string of the molecule is Cc1ccc(C(O)Cc2cccc(F)c2Br)nc1. The van der Waals surface area contributed by atoms with Crippen molar-refractivity contribution in [2.24, 2.45) is 0 Å². The zero-order valence-corrected chi connectivity index (χ0v) is 11.5. The standard InChI is InChI=1S/C14H13BrFNO/c1-9-5-6-12(17-8-9)13(18)7-10-3-2-4-11(16)14(10)15/h2-6,8,13,18H,7H2,1H3. The highest BCUT2D eigenvalue weighted by molar-refractivity contribution is 9.10. The quantitative estimate of drug-likeness (QED) is 0.940. The number of hydrogen-bond acceptors (Lipinski definition) is 2. The van der Waals surface area contributed by atoms with Gasteiger partial charge in [-0.05, 0) is 46.1 Å². The summed E-state index contributed by atoms with van der Waals surface area (Å²) < 4.78 is 13.7. The summed E-state index contributed by atoms with van der Waals surface area (Å²) in [5, 5.41) is 10.1. The number of nitrogens with zero attached hydrogens (tertiary/aromatic N) is 1. The summed E-state index contributed by atoms with van der Waals surface area (Å²) in [5.74, 6) is -0.323. The van der Waals surface area contributed by atoms with E-state index in [1.165, 1.54) is 6.07 Å². The molecule has 94 valence electrons. The summed E-state index contributed by atoms with van der Waals surface area (Å²) in [6, 6.07) is 8.47. The van der Waals surface area contributed by atoms with Crippen molar-refractivity contribution in [3.05, 3.63) is 63.6 Å². The van der Waals surface area contributed by atoms with Crippen LogP contribution in [0, 0.1) is 12.7 Å². The van der Waals surface area contributed by atoms with Gasteiger partial charge in [-0.3, -0.25) is 4.98 Å². The van der Waals surface area contributed by atoms with Crippen molar-refractivity contribution >= 4 is 15.9 Å². The topological polar surface area (TPSA) is 33.1 Å². The lowest BCUT2D eigenvalue weighted by Gasteiger charge is -2.12. The number of aliphatic hydroxyl groups is 1. The van der Waals surface area contributed by atoms with E-state index in [0.29, 0.717) is 16.6 Å². The number of aromatic nitrogens is 1. The van der Waals surface area contributed by atoms with E-state index in [2.05, 4.69) is 20.9 Å². The zero-order valence-electron chi connectivity index (χ0n) is 9.90. The second-order valence-electron chi connectivity index (χ2n) is 4.19. The van der Waals surface area contributed by atoms with Gasteiger partial charge in [0, 0.05) is 12.6 Å². The highest BCUT2D eigenvalue weighted by Crippen LogP contribution is 2.25. The molecule has 1 atom stereocenters. The molecule has 0 radical (unpaired) electrons. The van der Waals surface area contributed by atoms with Crippen LogP contribution >= 0.6 is 15.9 Å². The molecule has 0 spiro atoms. The van der Waals surface area contributed by atoms with E-state index in [0.717, 1.165) is 11.1 Å². The third-order valence-electron chi connectivity index (χ3n) is 2.72. The summed E-state index contributed by atoms with van der Waals surface area (Å²) in [6.07, 6.45) is 1.30. The molecule has 0 saturated carbocycles. The molecule has 4 heteroatoms. The zero-order chi connectivity index (χ0) is 13.1. The van der Waals surface area contributed by atoms with Crippen molar-refractivity contribution in [3.63, 3.8) is 0 Å². The molecule has 2 nitrogen and oxygen atoms in total. The molecule has 18 heavy (non-hydrogen) atoms. The molecule has 1 unspecified atom stereocenters. The van der Waals surface area contributed by atoms with Crippen LogP contribution in [0.1, 0.15) is 22.9 Å². The number of aliphatic hydroxyl groups excluding tert-OH is 1. The second kappa shape index (κ2) is 5.59. The maximum absolute atomic E-state index is 13.3. The molecule has 2 aromatic rings. The number of benzene rings is 1. The van der Waals surface area contributed by atoms with E-state index in [1.54, 1.807) is 24.4 Å². The van der Waals surface area contributed by atoms with E-state index < -0.39 is 6.10 Å². The van der Waals surface area contributed by atoms with Crippen molar-refractivity contribution in [1.29, 1.82) is 0 Å². The van der Waals surface area contributed by atoms with Gasteiger partial charge in [0.25, 0.3) is 0 Å². The van der Waals surface area contributed by atoms with Crippen LogP contribution in [0.3, 0.4) is 0 Å². The van der Waals surface area contributed by atoms with Gasteiger partial charge in [-0.15, -0.1) is 0 Å². The predicted octanol–water partition coefficient (Wildman–Crippen LogP) is 3.57. The second-order valence-corrected chi connectivity index (χ2v) is 4.99. The summed E-state index contributed by atoms with van der Waals surface area (Å²) in [6.45, 7) is 1.94. The van der Waals surface area contributed by atoms with E-state index in [-0.39, 0.29) is 5.82 Å². The van der Waals surface area contributed by atoms with Crippen molar-refractivity contribution in [3.8, 4) is 0 Å². The summed E-state index contributed by atoms with van der Waals surface area (Å²) in [4.78, 5) is 4.17. The molecule has 1 aromatic carbocycles. The number of aryl methyl sites for hydroxylation is 1. The van der Waals surface area contributed by atoms with Gasteiger partial charge >= 0.3 is 0 Å². The Morgan fingerprint density at radius 2 is 2.11 bits per heavy atom. The lowest BCUT2D eigenvalue weighted by molar-refractivity contribution is 0.173. The smallest absolute Gasteiger partial charge is 0.137 e. The first-order chi connectivity index (χ1) is 8.58.